The molecular weight excluding hydrogens is 332 g/mol. The number of aliphatic hydroxyl groups is 3. The lowest BCUT2D eigenvalue weighted by atomic mass is 10.0. The van der Waals surface area contributed by atoms with Gasteiger partial charge in [-0.15, -0.1) is 0 Å². The van der Waals surface area contributed by atoms with Gasteiger partial charge in [-0.2, -0.15) is 0 Å². The van der Waals surface area contributed by atoms with Gasteiger partial charge in [-0.1, -0.05) is 96.8 Å². The molecule has 0 aromatic heterocycles. The van der Waals surface area contributed by atoms with Gasteiger partial charge in [0, 0.05) is 6.42 Å². The van der Waals surface area contributed by atoms with Gasteiger partial charge in [0.15, 0.2) is 5.79 Å². The van der Waals surface area contributed by atoms with Gasteiger partial charge in [-0.05, 0) is 13.3 Å². The van der Waals surface area contributed by atoms with Crippen molar-refractivity contribution >= 4 is 5.97 Å². The number of hydrogen-bond acceptors (Lipinski definition) is 4. The highest BCUT2D eigenvalue weighted by Gasteiger charge is 2.10. The van der Waals surface area contributed by atoms with Crippen molar-refractivity contribution in [3.63, 3.8) is 0 Å². The topological polar surface area (TPSA) is 98.0 Å². The summed E-state index contributed by atoms with van der Waals surface area (Å²) in [6.07, 6.45) is 20.2. The van der Waals surface area contributed by atoms with Crippen molar-refractivity contribution in [1.29, 1.82) is 0 Å². The molecule has 0 saturated heterocycles. The smallest absolute Gasteiger partial charge is 0.303 e. The van der Waals surface area contributed by atoms with E-state index in [2.05, 4.69) is 6.92 Å². The minimum atomic E-state index is -1.90. The zero-order chi connectivity index (χ0) is 20.1. The van der Waals surface area contributed by atoms with Crippen molar-refractivity contribution in [2.45, 2.75) is 122 Å². The molecule has 0 rings (SSSR count). The van der Waals surface area contributed by atoms with Gasteiger partial charge in [-0.25, -0.2) is 0 Å². The van der Waals surface area contributed by atoms with Crippen molar-refractivity contribution < 1.29 is 25.2 Å². The molecule has 0 aliphatic carbocycles. The molecule has 0 bridgehead atoms. The van der Waals surface area contributed by atoms with Crippen LogP contribution in [-0.2, 0) is 4.79 Å². The van der Waals surface area contributed by atoms with Crippen LogP contribution in [0.2, 0.25) is 0 Å². The van der Waals surface area contributed by atoms with Gasteiger partial charge < -0.3 is 20.4 Å². The van der Waals surface area contributed by atoms with Gasteiger partial charge in [-0.3, -0.25) is 4.79 Å². The maximum atomic E-state index is 10.3. The molecule has 0 saturated carbocycles. The Morgan fingerprint density at radius 2 is 0.962 bits per heavy atom. The second-order valence-electron chi connectivity index (χ2n) is 7.47. The number of aliphatic hydroxyl groups excluding tert-OH is 1. The lowest BCUT2D eigenvalue weighted by Crippen LogP contribution is -2.27. The fraction of sp³-hybridized carbons (Fsp3) is 0.952. The Bertz CT molecular complexity index is 287. The fourth-order valence-corrected chi connectivity index (χ4v) is 2.65. The number of carbonyl (C=O) groups is 1. The molecule has 0 radical (unpaired) electrons. The average Bonchev–Trinajstić information content (AvgIpc) is 2.58. The Labute approximate surface area is 160 Å². The molecule has 0 heterocycles. The maximum absolute atomic E-state index is 10.3. The Morgan fingerprint density at radius 1 is 0.692 bits per heavy atom. The van der Waals surface area contributed by atoms with E-state index in [4.69, 9.17) is 20.4 Å². The molecule has 0 aliphatic rings. The third-order valence-corrected chi connectivity index (χ3v) is 4.29. The van der Waals surface area contributed by atoms with E-state index in [0.29, 0.717) is 6.42 Å². The molecule has 0 unspecified atom stereocenters. The van der Waals surface area contributed by atoms with Crippen molar-refractivity contribution in [2.24, 2.45) is 0 Å². The minimum Gasteiger partial charge on any atom is -0.481 e. The number of aliphatic carboxylic acids is 1. The van der Waals surface area contributed by atoms with Crippen molar-refractivity contribution in [1.82, 2.24) is 0 Å². The third-order valence-electron chi connectivity index (χ3n) is 4.29. The molecular formula is C21H44O5. The van der Waals surface area contributed by atoms with E-state index in [1.807, 2.05) is 0 Å². The Balaban J connectivity index is 0. The van der Waals surface area contributed by atoms with Crippen molar-refractivity contribution in [2.75, 3.05) is 6.61 Å². The van der Waals surface area contributed by atoms with Crippen LogP contribution in [0.5, 0.6) is 0 Å². The largest absolute Gasteiger partial charge is 0.481 e. The van der Waals surface area contributed by atoms with Crippen LogP contribution in [0.25, 0.3) is 0 Å². The highest BCUT2D eigenvalue weighted by Crippen LogP contribution is 2.13. The van der Waals surface area contributed by atoms with Crippen molar-refractivity contribution in [3.8, 4) is 0 Å². The number of carboxylic acid groups (broad SMARTS) is 1. The number of unbranched alkanes of at least 4 members (excludes halogenated alkanes) is 14. The van der Waals surface area contributed by atoms with Crippen molar-refractivity contribution in [3.05, 3.63) is 0 Å². The average molecular weight is 377 g/mol. The van der Waals surface area contributed by atoms with E-state index < -0.39 is 18.4 Å². The van der Waals surface area contributed by atoms with Crippen LogP contribution in [0.1, 0.15) is 117 Å². The van der Waals surface area contributed by atoms with Gasteiger partial charge in [0.25, 0.3) is 0 Å². The van der Waals surface area contributed by atoms with E-state index in [1.54, 1.807) is 0 Å². The van der Waals surface area contributed by atoms with E-state index >= 15 is 0 Å². The summed E-state index contributed by atoms with van der Waals surface area (Å²) in [7, 11) is 0. The molecule has 5 heteroatoms. The first-order valence-electron chi connectivity index (χ1n) is 10.6. The summed E-state index contributed by atoms with van der Waals surface area (Å²) in [6.45, 7) is 2.76. The van der Waals surface area contributed by atoms with Crippen LogP contribution in [0.3, 0.4) is 0 Å². The molecule has 0 aromatic carbocycles. The predicted molar refractivity (Wildman–Crippen MR) is 107 cm³/mol. The van der Waals surface area contributed by atoms with Gasteiger partial charge in [0.2, 0.25) is 0 Å². The number of rotatable bonds is 17. The standard InChI is InChI=1S/C18H36O2.C3H8O3/c1-2-3-4-5-6-7-8-9-10-11-12-13-14-15-16-17-18(19)20;1-3(5,6)2-4/h2-17H2,1H3,(H,19,20);4-6H,2H2,1H3. The van der Waals surface area contributed by atoms with E-state index in [1.165, 1.54) is 83.5 Å². The summed E-state index contributed by atoms with van der Waals surface area (Å²) in [4.78, 5) is 10.3. The second kappa shape index (κ2) is 20.7. The van der Waals surface area contributed by atoms with Crippen LogP contribution in [0.15, 0.2) is 0 Å². The van der Waals surface area contributed by atoms with Gasteiger partial charge in [0.05, 0.1) is 6.61 Å². The van der Waals surface area contributed by atoms with Gasteiger partial charge in [0.1, 0.15) is 0 Å². The minimum absolute atomic E-state index is 0.345. The fourth-order valence-electron chi connectivity index (χ4n) is 2.65. The Kier molecular flexibility index (Phi) is 21.9. The monoisotopic (exact) mass is 376 g/mol. The molecule has 26 heavy (non-hydrogen) atoms. The summed E-state index contributed by atoms with van der Waals surface area (Å²) >= 11 is 0. The summed E-state index contributed by atoms with van der Waals surface area (Å²) in [6, 6.07) is 0. The third kappa shape index (κ3) is 31.2. The Hall–Kier alpha value is -0.650. The second-order valence-corrected chi connectivity index (χ2v) is 7.47. The van der Waals surface area contributed by atoms with Crippen LogP contribution >= 0.6 is 0 Å². The number of carboxylic acids is 1. The molecule has 158 valence electrons. The predicted octanol–water partition coefficient (Wildman–Crippen LogP) is 5.01. The SMILES string of the molecule is CC(O)(O)CO.CCCCCCCCCCCCCCCCCC(=O)O. The highest BCUT2D eigenvalue weighted by molar-refractivity contribution is 5.66. The summed E-state index contributed by atoms with van der Waals surface area (Å²) < 4.78 is 0. The van der Waals surface area contributed by atoms with E-state index in [-0.39, 0.29) is 0 Å². The first-order valence-corrected chi connectivity index (χ1v) is 10.6. The maximum Gasteiger partial charge on any atom is 0.303 e. The quantitative estimate of drug-likeness (QED) is 0.211. The number of hydrogen-bond donors (Lipinski definition) is 4. The lowest BCUT2D eigenvalue weighted by Gasteiger charge is -2.09. The first-order chi connectivity index (χ1) is 12.3. The lowest BCUT2D eigenvalue weighted by molar-refractivity contribution is -0.171. The Morgan fingerprint density at radius 3 is 1.19 bits per heavy atom. The molecule has 0 aromatic rings. The van der Waals surface area contributed by atoms with E-state index in [9.17, 15) is 4.79 Å². The molecule has 0 aliphatic heterocycles. The molecule has 4 N–H and O–H groups in total. The molecule has 0 fully saturated rings. The van der Waals surface area contributed by atoms with Gasteiger partial charge >= 0.3 is 5.97 Å². The van der Waals surface area contributed by atoms with E-state index in [0.717, 1.165) is 19.8 Å². The molecule has 0 spiro atoms. The van der Waals surface area contributed by atoms with Crippen LogP contribution in [-0.4, -0.2) is 38.8 Å². The first kappa shape index (κ1) is 27.6. The molecule has 0 amide bonds. The summed E-state index contributed by atoms with van der Waals surface area (Å²) in [5, 5.41) is 32.7. The normalized spacial score (nSPS) is 11.1. The van der Waals surface area contributed by atoms with Crippen LogP contribution in [0.4, 0.5) is 0 Å². The molecule has 0 atom stereocenters. The highest BCUT2D eigenvalue weighted by atomic mass is 16.5. The zero-order valence-corrected chi connectivity index (χ0v) is 17.2. The molecule has 5 nitrogen and oxygen atoms in total. The summed E-state index contributed by atoms with van der Waals surface area (Å²) in [5.41, 5.74) is 0. The zero-order valence-electron chi connectivity index (χ0n) is 17.2. The summed E-state index contributed by atoms with van der Waals surface area (Å²) in [5.74, 6) is -2.56. The van der Waals surface area contributed by atoms with Crippen LogP contribution in [0, 0.1) is 0 Å². The van der Waals surface area contributed by atoms with Crippen LogP contribution < -0.4 is 0 Å².